The van der Waals surface area contributed by atoms with E-state index < -0.39 is 23.1 Å². The lowest BCUT2D eigenvalue weighted by atomic mass is 9.90. The number of ether oxygens (including phenoxy) is 6. The SMILES string of the molecule is COC(=O)CC(c1ccc(OC)c(OC)c1OC)c1oc(CN2CCc3cc(OC)c(OC)cc3C2)cc(=O)c1O. The Morgan fingerprint density at radius 2 is 1.56 bits per heavy atom. The molecule has 0 aliphatic carbocycles. The number of hydrogen-bond donors (Lipinski definition) is 1. The topological polar surface area (TPSA) is 126 Å². The maximum atomic E-state index is 13.0. The number of methoxy groups -OCH3 is 6. The minimum Gasteiger partial charge on any atom is -0.502 e. The van der Waals surface area contributed by atoms with Crippen LogP contribution in [0.3, 0.4) is 0 Å². The molecule has 2 aromatic carbocycles. The Bertz CT molecular complexity index is 1460. The average Bonchev–Trinajstić information content (AvgIpc) is 2.99. The molecule has 0 saturated heterocycles. The van der Waals surface area contributed by atoms with Gasteiger partial charge < -0.3 is 37.9 Å². The van der Waals surface area contributed by atoms with E-state index in [0.717, 1.165) is 17.5 Å². The predicted octanol–water partition coefficient (Wildman–Crippen LogP) is 3.64. The lowest BCUT2D eigenvalue weighted by Crippen LogP contribution is -2.30. The first kappa shape index (κ1) is 29.6. The number of fused-ring (bicyclic) bond motifs is 1. The van der Waals surface area contributed by atoms with E-state index in [4.69, 9.17) is 32.8 Å². The molecular weight excluding hydrogens is 534 g/mol. The van der Waals surface area contributed by atoms with E-state index in [9.17, 15) is 14.7 Å². The van der Waals surface area contributed by atoms with Gasteiger partial charge >= 0.3 is 5.97 Å². The van der Waals surface area contributed by atoms with Gasteiger partial charge in [-0.2, -0.15) is 0 Å². The Morgan fingerprint density at radius 3 is 2.17 bits per heavy atom. The van der Waals surface area contributed by atoms with Gasteiger partial charge in [0.25, 0.3) is 0 Å². The van der Waals surface area contributed by atoms with Crippen molar-refractivity contribution in [1.82, 2.24) is 4.90 Å². The van der Waals surface area contributed by atoms with E-state index >= 15 is 0 Å². The lowest BCUT2D eigenvalue weighted by Gasteiger charge is -2.29. The number of rotatable bonds is 11. The van der Waals surface area contributed by atoms with E-state index in [0.29, 0.717) is 54.0 Å². The largest absolute Gasteiger partial charge is 0.502 e. The molecule has 1 atom stereocenters. The number of benzene rings is 2. The Labute approximate surface area is 238 Å². The van der Waals surface area contributed by atoms with Crippen LogP contribution in [-0.4, -0.2) is 65.2 Å². The number of carbonyl (C=O) groups is 1. The fourth-order valence-corrected chi connectivity index (χ4v) is 5.16. The van der Waals surface area contributed by atoms with Crippen molar-refractivity contribution >= 4 is 5.97 Å². The minimum atomic E-state index is -0.927. The van der Waals surface area contributed by atoms with Crippen LogP contribution in [0.2, 0.25) is 0 Å². The quantitative estimate of drug-likeness (QED) is 0.340. The molecule has 0 saturated carbocycles. The third-order valence-corrected chi connectivity index (χ3v) is 7.20. The van der Waals surface area contributed by atoms with Gasteiger partial charge in [0.1, 0.15) is 5.76 Å². The molecule has 41 heavy (non-hydrogen) atoms. The second-order valence-corrected chi connectivity index (χ2v) is 9.48. The van der Waals surface area contributed by atoms with Gasteiger partial charge in [0.15, 0.2) is 28.8 Å². The van der Waals surface area contributed by atoms with Gasteiger partial charge in [-0.15, -0.1) is 0 Å². The average molecular weight is 570 g/mol. The van der Waals surface area contributed by atoms with Crippen molar-refractivity contribution in [3.05, 3.63) is 68.8 Å². The zero-order chi connectivity index (χ0) is 29.7. The predicted molar refractivity (Wildman–Crippen MR) is 149 cm³/mol. The molecule has 3 aromatic rings. The summed E-state index contributed by atoms with van der Waals surface area (Å²) in [6, 6.07) is 8.52. The summed E-state index contributed by atoms with van der Waals surface area (Å²) in [6.45, 7) is 1.59. The molecular formula is C30H35NO10. The van der Waals surface area contributed by atoms with Crippen molar-refractivity contribution in [3.63, 3.8) is 0 Å². The minimum absolute atomic E-state index is 0.0766. The third-order valence-electron chi connectivity index (χ3n) is 7.20. The maximum Gasteiger partial charge on any atom is 0.306 e. The van der Waals surface area contributed by atoms with Crippen molar-refractivity contribution < 1.29 is 42.7 Å². The van der Waals surface area contributed by atoms with Gasteiger partial charge in [-0.1, -0.05) is 6.07 Å². The first-order chi connectivity index (χ1) is 19.8. The standard InChI is InChI=1S/C30H35NO10/c1-35-23-8-7-20(29(39-5)30(23)40-6)21(14-26(33)38-4)28-27(34)22(32)13-19(41-28)16-31-10-9-17-11-24(36-2)25(37-3)12-18(17)15-31/h7-8,11-13,21,34H,9-10,14-16H2,1-6H3. The Kier molecular flexibility index (Phi) is 9.28. The molecule has 2 heterocycles. The van der Waals surface area contributed by atoms with Crippen LogP contribution < -0.4 is 29.1 Å². The third kappa shape index (κ3) is 6.04. The van der Waals surface area contributed by atoms with Crippen LogP contribution in [0.4, 0.5) is 0 Å². The molecule has 0 bridgehead atoms. The summed E-state index contributed by atoms with van der Waals surface area (Å²) < 4.78 is 38.5. The lowest BCUT2D eigenvalue weighted by molar-refractivity contribution is -0.140. The van der Waals surface area contributed by atoms with Gasteiger partial charge in [0, 0.05) is 24.7 Å². The van der Waals surface area contributed by atoms with E-state index in [-0.39, 0.29) is 17.9 Å². The molecule has 0 spiro atoms. The Hall–Kier alpha value is -4.38. The summed E-state index contributed by atoms with van der Waals surface area (Å²) in [5.74, 6) is 0.444. The van der Waals surface area contributed by atoms with Crippen LogP contribution in [0.25, 0.3) is 0 Å². The molecule has 1 aliphatic rings. The van der Waals surface area contributed by atoms with E-state index in [1.807, 2.05) is 12.1 Å². The number of hydrogen-bond acceptors (Lipinski definition) is 11. The number of carbonyl (C=O) groups excluding carboxylic acids is 1. The molecule has 4 rings (SSSR count). The number of esters is 1. The maximum absolute atomic E-state index is 13.0. The summed E-state index contributed by atoms with van der Waals surface area (Å²) in [6.07, 6.45) is 0.527. The molecule has 11 nitrogen and oxygen atoms in total. The zero-order valence-corrected chi connectivity index (χ0v) is 24.1. The first-order valence-corrected chi connectivity index (χ1v) is 13.0. The van der Waals surface area contributed by atoms with E-state index in [1.165, 1.54) is 34.5 Å². The summed E-state index contributed by atoms with van der Waals surface area (Å²) >= 11 is 0. The molecule has 1 aliphatic heterocycles. The second-order valence-electron chi connectivity index (χ2n) is 9.48. The van der Waals surface area contributed by atoms with Crippen LogP contribution in [0.1, 0.15) is 40.5 Å². The molecule has 0 fully saturated rings. The monoisotopic (exact) mass is 569 g/mol. The van der Waals surface area contributed by atoms with E-state index in [2.05, 4.69) is 4.90 Å². The van der Waals surface area contributed by atoms with Gasteiger partial charge in [-0.3, -0.25) is 14.5 Å². The van der Waals surface area contributed by atoms with Gasteiger partial charge in [-0.25, -0.2) is 0 Å². The van der Waals surface area contributed by atoms with Crippen molar-refractivity contribution in [1.29, 1.82) is 0 Å². The Balaban J connectivity index is 1.73. The zero-order valence-electron chi connectivity index (χ0n) is 24.1. The molecule has 0 radical (unpaired) electrons. The van der Waals surface area contributed by atoms with Crippen molar-refractivity contribution in [2.24, 2.45) is 0 Å². The van der Waals surface area contributed by atoms with Gasteiger partial charge in [0.2, 0.25) is 16.9 Å². The summed E-state index contributed by atoms with van der Waals surface area (Å²) in [5, 5.41) is 10.9. The van der Waals surface area contributed by atoms with E-state index in [1.54, 1.807) is 26.4 Å². The summed E-state index contributed by atoms with van der Waals surface area (Å²) in [5.41, 5.74) is 2.05. The van der Waals surface area contributed by atoms with Crippen LogP contribution in [-0.2, 0) is 29.0 Å². The molecule has 1 N–H and O–H groups in total. The van der Waals surface area contributed by atoms with Gasteiger partial charge in [-0.05, 0) is 35.7 Å². The molecule has 1 aromatic heterocycles. The smallest absolute Gasteiger partial charge is 0.306 e. The van der Waals surface area contributed by atoms with Crippen molar-refractivity contribution in [3.8, 4) is 34.5 Å². The highest BCUT2D eigenvalue weighted by molar-refractivity contribution is 5.72. The molecule has 0 amide bonds. The normalized spacial score (nSPS) is 13.6. The first-order valence-electron chi connectivity index (χ1n) is 13.0. The van der Waals surface area contributed by atoms with Crippen molar-refractivity contribution in [2.45, 2.75) is 31.8 Å². The van der Waals surface area contributed by atoms with Crippen molar-refractivity contribution in [2.75, 3.05) is 49.2 Å². The summed E-state index contributed by atoms with van der Waals surface area (Å²) in [7, 11) is 8.85. The highest BCUT2D eigenvalue weighted by atomic mass is 16.5. The van der Waals surface area contributed by atoms with Crippen LogP contribution in [0.15, 0.2) is 39.5 Å². The summed E-state index contributed by atoms with van der Waals surface area (Å²) in [4.78, 5) is 27.6. The fraction of sp³-hybridized carbons (Fsp3) is 0.400. The highest BCUT2D eigenvalue weighted by Crippen LogP contribution is 2.46. The van der Waals surface area contributed by atoms with Crippen LogP contribution in [0, 0.1) is 0 Å². The number of aromatic hydroxyl groups is 1. The molecule has 11 heteroatoms. The van der Waals surface area contributed by atoms with Crippen LogP contribution >= 0.6 is 0 Å². The fourth-order valence-electron chi connectivity index (χ4n) is 5.16. The number of nitrogens with zero attached hydrogens (tertiary/aromatic N) is 1. The second kappa shape index (κ2) is 12.9. The van der Waals surface area contributed by atoms with Gasteiger partial charge in [0.05, 0.1) is 61.5 Å². The highest BCUT2D eigenvalue weighted by Gasteiger charge is 2.32. The van der Waals surface area contributed by atoms with Crippen LogP contribution in [0.5, 0.6) is 34.5 Å². The molecule has 1 unspecified atom stereocenters. The Morgan fingerprint density at radius 1 is 0.902 bits per heavy atom. The molecule has 220 valence electrons.